The van der Waals surface area contributed by atoms with Gasteiger partial charge in [0.25, 0.3) is 0 Å². The van der Waals surface area contributed by atoms with Crippen LogP contribution in [0.3, 0.4) is 0 Å². The third-order valence-electron chi connectivity index (χ3n) is 3.14. The number of ketones is 1. The average molecular weight is 318 g/mol. The highest BCUT2D eigenvalue weighted by Gasteiger charge is 2.10. The quantitative estimate of drug-likeness (QED) is 0.791. The molecule has 1 heterocycles. The summed E-state index contributed by atoms with van der Waals surface area (Å²) in [6.07, 6.45) is 4.40. The highest BCUT2D eigenvalue weighted by molar-refractivity contribution is 7.09. The van der Waals surface area contributed by atoms with E-state index in [-0.39, 0.29) is 17.3 Å². The van der Waals surface area contributed by atoms with E-state index in [1.165, 1.54) is 31.2 Å². The van der Waals surface area contributed by atoms with Crippen molar-refractivity contribution in [3.05, 3.63) is 46.2 Å². The highest BCUT2D eigenvalue weighted by Crippen LogP contribution is 2.37. The predicted molar refractivity (Wildman–Crippen MR) is 87.9 cm³/mol. The number of carbonyl (C=O) groups excluding carboxylic acids is 1. The molecule has 1 aromatic heterocycles. The van der Waals surface area contributed by atoms with Crippen LogP contribution in [-0.2, 0) is 11.2 Å². The van der Waals surface area contributed by atoms with Crippen molar-refractivity contribution in [2.75, 3.05) is 14.2 Å². The number of rotatable bonds is 7. The van der Waals surface area contributed by atoms with Gasteiger partial charge >= 0.3 is 0 Å². The van der Waals surface area contributed by atoms with Crippen molar-refractivity contribution < 1.29 is 19.4 Å². The van der Waals surface area contributed by atoms with Crippen molar-refractivity contribution >= 4 is 23.2 Å². The van der Waals surface area contributed by atoms with E-state index < -0.39 is 0 Å². The fourth-order valence-electron chi connectivity index (χ4n) is 2.03. The Balaban J connectivity index is 2.03. The smallest absolute Gasteiger partial charge is 0.203 e. The van der Waals surface area contributed by atoms with Crippen LogP contribution in [0, 0.1) is 0 Å². The van der Waals surface area contributed by atoms with E-state index in [4.69, 9.17) is 9.47 Å². The number of ether oxygens (including phenoxy) is 2. The standard InChI is InChI=1S/C17H18O4S/c1-20-16-11-12(10-15(19)17(16)21-2)5-6-13(18)7-8-14-4-3-9-22-14/h3-6,9-11,19H,7-8H2,1-2H3/b6-5+. The molecule has 0 bridgehead atoms. The number of aromatic hydroxyl groups is 1. The SMILES string of the molecule is COc1cc(/C=C/C(=O)CCc2cccs2)cc(O)c1OC. The molecule has 0 aliphatic carbocycles. The van der Waals surface area contributed by atoms with E-state index in [0.717, 1.165) is 6.42 Å². The highest BCUT2D eigenvalue weighted by atomic mass is 32.1. The number of methoxy groups -OCH3 is 2. The van der Waals surface area contributed by atoms with Crippen LogP contribution < -0.4 is 9.47 Å². The third-order valence-corrected chi connectivity index (χ3v) is 4.08. The molecule has 0 atom stereocenters. The first kappa shape index (κ1) is 16.1. The maximum absolute atomic E-state index is 11.9. The minimum atomic E-state index is -0.0208. The second-order valence-corrected chi connectivity index (χ2v) is 5.69. The van der Waals surface area contributed by atoms with Crippen molar-refractivity contribution in [1.29, 1.82) is 0 Å². The van der Waals surface area contributed by atoms with Crippen molar-refractivity contribution in [3.63, 3.8) is 0 Å². The molecule has 1 aromatic carbocycles. The van der Waals surface area contributed by atoms with Crippen LogP contribution in [0.15, 0.2) is 35.7 Å². The summed E-state index contributed by atoms with van der Waals surface area (Å²) in [5, 5.41) is 11.9. The topological polar surface area (TPSA) is 55.8 Å². The predicted octanol–water partition coefficient (Wildman–Crippen LogP) is 3.69. The molecule has 5 heteroatoms. The zero-order valence-electron chi connectivity index (χ0n) is 12.5. The Labute approximate surface area is 133 Å². The van der Waals surface area contributed by atoms with E-state index in [1.54, 1.807) is 23.5 Å². The number of carbonyl (C=O) groups is 1. The molecule has 0 saturated carbocycles. The second kappa shape index (κ2) is 7.66. The van der Waals surface area contributed by atoms with Crippen LogP contribution in [0.2, 0.25) is 0 Å². The van der Waals surface area contributed by atoms with Crippen LogP contribution in [0.25, 0.3) is 6.08 Å². The van der Waals surface area contributed by atoms with Crippen molar-refractivity contribution in [3.8, 4) is 17.2 Å². The zero-order valence-corrected chi connectivity index (χ0v) is 13.4. The molecule has 116 valence electrons. The number of aryl methyl sites for hydroxylation is 1. The van der Waals surface area contributed by atoms with Gasteiger partial charge in [-0.15, -0.1) is 11.3 Å². The minimum absolute atomic E-state index is 0.0208. The van der Waals surface area contributed by atoms with Gasteiger partial charge in [-0.1, -0.05) is 12.1 Å². The molecule has 2 aromatic rings. The number of hydrogen-bond donors (Lipinski definition) is 1. The van der Waals surface area contributed by atoms with E-state index in [2.05, 4.69) is 0 Å². The lowest BCUT2D eigenvalue weighted by atomic mass is 10.1. The largest absolute Gasteiger partial charge is 0.504 e. The van der Waals surface area contributed by atoms with E-state index >= 15 is 0 Å². The molecule has 0 aliphatic rings. The summed E-state index contributed by atoms with van der Waals surface area (Å²) in [6, 6.07) is 7.24. The number of allylic oxidation sites excluding steroid dienone is 1. The summed E-state index contributed by atoms with van der Waals surface area (Å²) < 4.78 is 10.2. The summed E-state index contributed by atoms with van der Waals surface area (Å²) in [5.74, 6) is 0.729. The van der Waals surface area contributed by atoms with Crippen LogP contribution in [0.1, 0.15) is 16.9 Å². The molecular formula is C17H18O4S. The molecule has 0 spiro atoms. The lowest BCUT2D eigenvalue weighted by Crippen LogP contribution is -1.95. The molecule has 0 saturated heterocycles. The Kier molecular flexibility index (Phi) is 5.61. The number of phenolic OH excluding ortho intramolecular Hbond substituents is 1. The normalized spacial score (nSPS) is 10.8. The minimum Gasteiger partial charge on any atom is -0.504 e. The van der Waals surface area contributed by atoms with Crippen LogP contribution >= 0.6 is 11.3 Å². The van der Waals surface area contributed by atoms with Gasteiger partial charge < -0.3 is 14.6 Å². The lowest BCUT2D eigenvalue weighted by Gasteiger charge is -2.10. The Morgan fingerprint density at radius 3 is 2.77 bits per heavy atom. The first-order chi connectivity index (χ1) is 10.6. The molecule has 0 radical (unpaired) electrons. The Morgan fingerprint density at radius 2 is 2.14 bits per heavy atom. The van der Waals surface area contributed by atoms with E-state index in [9.17, 15) is 9.90 Å². The van der Waals surface area contributed by atoms with Crippen LogP contribution in [-0.4, -0.2) is 25.1 Å². The van der Waals surface area contributed by atoms with Gasteiger partial charge in [0.1, 0.15) is 0 Å². The van der Waals surface area contributed by atoms with Gasteiger partial charge in [-0.25, -0.2) is 0 Å². The fraction of sp³-hybridized carbons (Fsp3) is 0.235. The monoisotopic (exact) mass is 318 g/mol. The van der Waals surface area contributed by atoms with Gasteiger partial charge in [0.15, 0.2) is 17.3 Å². The second-order valence-electron chi connectivity index (χ2n) is 4.65. The first-order valence-electron chi connectivity index (χ1n) is 6.82. The van der Waals surface area contributed by atoms with Crippen LogP contribution in [0.5, 0.6) is 17.2 Å². The number of benzene rings is 1. The summed E-state index contributed by atoms with van der Waals surface area (Å²) in [7, 11) is 2.96. The van der Waals surface area contributed by atoms with E-state index in [1.807, 2.05) is 17.5 Å². The maximum atomic E-state index is 11.9. The zero-order chi connectivity index (χ0) is 15.9. The van der Waals surface area contributed by atoms with Crippen molar-refractivity contribution in [2.24, 2.45) is 0 Å². The number of hydrogen-bond acceptors (Lipinski definition) is 5. The average Bonchev–Trinajstić information content (AvgIpc) is 3.03. The molecule has 1 N–H and O–H groups in total. The summed E-state index contributed by atoms with van der Waals surface area (Å²) in [4.78, 5) is 13.1. The Hall–Kier alpha value is -2.27. The van der Waals surface area contributed by atoms with Gasteiger partial charge in [0, 0.05) is 11.3 Å². The summed E-state index contributed by atoms with van der Waals surface area (Å²) in [6.45, 7) is 0. The maximum Gasteiger partial charge on any atom is 0.203 e. The van der Waals surface area contributed by atoms with Crippen LogP contribution in [0.4, 0.5) is 0 Å². The number of phenols is 1. The van der Waals surface area contributed by atoms with Gasteiger partial charge in [-0.05, 0) is 41.6 Å². The fourth-order valence-corrected chi connectivity index (χ4v) is 2.74. The summed E-state index contributed by atoms with van der Waals surface area (Å²) in [5.41, 5.74) is 0.680. The summed E-state index contributed by atoms with van der Waals surface area (Å²) >= 11 is 1.65. The van der Waals surface area contributed by atoms with Gasteiger partial charge in [-0.3, -0.25) is 4.79 Å². The lowest BCUT2D eigenvalue weighted by molar-refractivity contribution is -0.114. The molecule has 0 aliphatic heterocycles. The third kappa shape index (κ3) is 4.11. The van der Waals surface area contributed by atoms with Gasteiger partial charge in [-0.2, -0.15) is 0 Å². The Morgan fingerprint density at radius 1 is 1.32 bits per heavy atom. The molecule has 4 nitrogen and oxygen atoms in total. The van der Waals surface area contributed by atoms with Gasteiger partial charge in [0.2, 0.25) is 5.75 Å². The molecule has 0 fully saturated rings. The van der Waals surface area contributed by atoms with E-state index in [0.29, 0.717) is 17.7 Å². The molecule has 2 rings (SSSR count). The molecule has 0 unspecified atom stereocenters. The molecule has 0 amide bonds. The van der Waals surface area contributed by atoms with Gasteiger partial charge in [0.05, 0.1) is 14.2 Å². The van der Waals surface area contributed by atoms with Crippen molar-refractivity contribution in [1.82, 2.24) is 0 Å². The number of thiophene rings is 1. The first-order valence-corrected chi connectivity index (χ1v) is 7.70. The molecule has 22 heavy (non-hydrogen) atoms. The van der Waals surface area contributed by atoms with Crippen molar-refractivity contribution in [2.45, 2.75) is 12.8 Å². The molecular weight excluding hydrogens is 300 g/mol. The Bertz CT molecular complexity index is 660.